The molecule has 1 atom stereocenters. The summed E-state index contributed by atoms with van der Waals surface area (Å²) in [6, 6.07) is 12.5. The smallest absolute Gasteiger partial charge is 0.295 e. The van der Waals surface area contributed by atoms with E-state index >= 15 is 0 Å². The third-order valence-electron chi connectivity index (χ3n) is 6.00. The average molecular weight is 407 g/mol. The minimum Gasteiger partial charge on any atom is -0.508 e. The van der Waals surface area contributed by atoms with Gasteiger partial charge in [0.25, 0.3) is 11.7 Å². The van der Waals surface area contributed by atoms with Gasteiger partial charge in [0.2, 0.25) is 0 Å². The Morgan fingerprint density at radius 3 is 2.40 bits per heavy atom. The number of aliphatic hydroxyl groups is 1. The predicted octanol–water partition coefficient (Wildman–Crippen LogP) is 4.16. The van der Waals surface area contributed by atoms with E-state index in [1.807, 2.05) is 0 Å². The van der Waals surface area contributed by atoms with E-state index in [1.54, 1.807) is 41.3 Å². The number of hydrogen-bond acceptors (Lipinski definition) is 5. The number of aromatic hydroxyl groups is 1. The van der Waals surface area contributed by atoms with Gasteiger partial charge in [-0.3, -0.25) is 9.59 Å². The Balaban J connectivity index is 1.87. The Bertz CT molecular complexity index is 989. The Morgan fingerprint density at radius 1 is 1.03 bits per heavy atom. The average Bonchev–Trinajstić information content (AvgIpc) is 3.05. The summed E-state index contributed by atoms with van der Waals surface area (Å²) in [5.41, 5.74) is 1.17. The van der Waals surface area contributed by atoms with Gasteiger partial charge in [-0.1, -0.05) is 43.5 Å². The van der Waals surface area contributed by atoms with Gasteiger partial charge in [-0.25, -0.2) is 0 Å². The maximum Gasteiger partial charge on any atom is 0.295 e. The number of hydrogen-bond donors (Lipinski definition) is 2. The van der Waals surface area contributed by atoms with Crippen molar-refractivity contribution in [2.24, 2.45) is 0 Å². The Kier molecular flexibility index (Phi) is 5.48. The van der Waals surface area contributed by atoms with E-state index < -0.39 is 17.7 Å². The van der Waals surface area contributed by atoms with Crippen LogP contribution in [0.1, 0.15) is 49.3 Å². The first-order valence-corrected chi connectivity index (χ1v) is 10.2. The fraction of sp³-hybridized carbons (Fsp3) is 0.333. The molecule has 2 aromatic carbocycles. The number of ether oxygens (including phenoxy) is 1. The largest absolute Gasteiger partial charge is 0.508 e. The molecule has 1 saturated heterocycles. The van der Waals surface area contributed by atoms with Crippen LogP contribution >= 0.6 is 0 Å². The summed E-state index contributed by atoms with van der Waals surface area (Å²) in [6.45, 7) is 0. The molecule has 1 aliphatic heterocycles. The maximum atomic E-state index is 13.1. The highest BCUT2D eigenvalue weighted by Crippen LogP contribution is 2.43. The summed E-state index contributed by atoms with van der Waals surface area (Å²) in [7, 11) is 1.53. The molecule has 2 aromatic rings. The van der Waals surface area contributed by atoms with Crippen LogP contribution in [0.2, 0.25) is 0 Å². The molecule has 0 radical (unpaired) electrons. The van der Waals surface area contributed by atoms with Crippen LogP contribution in [-0.2, 0) is 9.59 Å². The van der Waals surface area contributed by atoms with E-state index in [2.05, 4.69) is 0 Å². The number of methoxy groups -OCH3 is 1. The third-order valence-corrected chi connectivity index (χ3v) is 6.00. The van der Waals surface area contributed by atoms with Gasteiger partial charge in [0, 0.05) is 11.6 Å². The number of aliphatic hydroxyl groups excluding tert-OH is 1. The first-order chi connectivity index (χ1) is 14.5. The fourth-order valence-electron chi connectivity index (χ4n) is 4.50. The van der Waals surface area contributed by atoms with Gasteiger partial charge in [-0.05, 0) is 42.7 Å². The highest BCUT2D eigenvalue weighted by molar-refractivity contribution is 6.46. The highest BCUT2D eigenvalue weighted by atomic mass is 16.5. The summed E-state index contributed by atoms with van der Waals surface area (Å²) in [5, 5.41) is 20.8. The van der Waals surface area contributed by atoms with E-state index in [1.165, 1.54) is 19.2 Å². The minimum atomic E-state index is -0.695. The van der Waals surface area contributed by atoms with Crippen molar-refractivity contribution in [3.05, 3.63) is 65.2 Å². The molecule has 6 nitrogen and oxygen atoms in total. The molecule has 30 heavy (non-hydrogen) atoms. The van der Waals surface area contributed by atoms with Gasteiger partial charge < -0.3 is 19.8 Å². The molecule has 1 unspecified atom stereocenters. The molecule has 1 amide bonds. The molecule has 1 aliphatic carbocycles. The second-order valence-corrected chi connectivity index (χ2v) is 7.82. The molecule has 6 heteroatoms. The van der Waals surface area contributed by atoms with Crippen LogP contribution < -0.4 is 4.74 Å². The standard InChI is InChI=1S/C24H25NO5/c1-30-19-9-5-6-16(14-19)22(27)20-21(15-10-12-18(26)13-11-15)25(24(29)23(20)28)17-7-3-2-4-8-17/h5-6,9-14,17,21,26-27H,2-4,7-8H2,1H3/b22-20-. The number of nitrogens with zero attached hydrogens (tertiary/aromatic N) is 1. The van der Waals surface area contributed by atoms with E-state index in [-0.39, 0.29) is 23.1 Å². The highest BCUT2D eigenvalue weighted by Gasteiger charge is 2.48. The topological polar surface area (TPSA) is 87.1 Å². The monoisotopic (exact) mass is 407 g/mol. The van der Waals surface area contributed by atoms with Crippen molar-refractivity contribution in [3.8, 4) is 11.5 Å². The van der Waals surface area contributed by atoms with E-state index in [0.717, 1.165) is 32.1 Å². The number of carbonyl (C=O) groups excluding carboxylic acids is 2. The fourth-order valence-corrected chi connectivity index (χ4v) is 4.50. The molecule has 0 bridgehead atoms. The maximum absolute atomic E-state index is 13.1. The molecule has 1 heterocycles. The molecule has 2 fully saturated rings. The Morgan fingerprint density at radius 2 is 1.73 bits per heavy atom. The van der Waals surface area contributed by atoms with Gasteiger partial charge in [-0.2, -0.15) is 0 Å². The summed E-state index contributed by atoms with van der Waals surface area (Å²) in [6.07, 6.45) is 4.80. The van der Waals surface area contributed by atoms with Gasteiger partial charge in [0.15, 0.2) is 0 Å². The number of Topliss-reactive ketones (excluding diaryl/α,β-unsaturated/α-hetero) is 1. The number of phenolic OH excluding ortho intramolecular Hbond substituents is 1. The summed E-state index contributed by atoms with van der Waals surface area (Å²) < 4.78 is 5.23. The van der Waals surface area contributed by atoms with Crippen LogP contribution in [0.25, 0.3) is 5.76 Å². The van der Waals surface area contributed by atoms with Crippen molar-refractivity contribution >= 4 is 17.4 Å². The van der Waals surface area contributed by atoms with Crippen molar-refractivity contribution < 1.29 is 24.5 Å². The number of benzene rings is 2. The van der Waals surface area contributed by atoms with Crippen LogP contribution in [-0.4, -0.2) is 40.0 Å². The van der Waals surface area contributed by atoms with Crippen molar-refractivity contribution in [1.29, 1.82) is 0 Å². The van der Waals surface area contributed by atoms with Gasteiger partial charge in [0.05, 0.1) is 18.7 Å². The van der Waals surface area contributed by atoms with E-state index in [0.29, 0.717) is 16.9 Å². The normalized spacial score (nSPS) is 21.8. The Labute approximate surface area is 175 Å². The minimum absolute atomic E-state index is 0.0513. The molecule has 2 aliphatic rings. The lowest BCUT2D eigenvalue weighted by atomic mass is 9.91. The summed E-state index contributed by atoms with van der Waals surface area (Å²) >= 11 is 0. The lowest BCUT2D eigenvalue weighted by Crippen LogP contribution is -2.40. The quantitative estimate of drug-likeness (QED) is 0.452. The van der Waals surface area contributed by atoms with E-state index in [4.69, 9.17) is 4.74 Å². The lowest BCUT2D eigenvalue weighted by Gasteiger charge is -2.35. The number of ketones is 1. The van der Waals surface area contributed by atoms with Crippen LogP contribution in [0.4, 0.5) is 0 Å². The van der Waals surface area contributed by atoms with E-state index in [9.17, 15) is 19.8 Å². The molecule has 156 valence electrons. The molecule has 0 aromatic heterocycles. The van der Waals surface area contributed by atoms with Crippen LogP contribution in [0.15, 0.2) is 54.1 Å². The SMILES string of the molecule is COc1cccc(/C(O)=C2/C(=O)C(=O)N(C3CCCCC3)C2c2ccc(O)cc2)c1. The number of carbonyl (C=O) groups is 2. The van der Waals surface area contributed by atoms with Crippen molar-refractivity contribution in [3.63, 3.8) is 0 Å². The number of likely N-dealkylation sites (tertiary alicyclic amines) is 1. The second kappa shape index (κ2) is 8.22. The zero-order valence-corrected chi connectivity index (χ0v) is 16.9. The van der Waals surface area contributed by atoms with Crippen molar-refractivity contribution in [2.45, 2.75) is 44.2 Å². The molecular formula is C24H25NO5. The lowest BCUT2D eigenvalue weighted by molar-refractivity contribution is -0.141. The number of phenols is 1. The van der Waals surface area contributed by atoms with Crippen LogP contribution in [0, 0.1) is 0 Å². The number of rotatable bonds is 4. The zero-order valence-electron chi connectivity index (χ0n) is 16.9. The summed E-state index contributed by atoms with van der Waals surface area (Å²) in [5.74, 6) is -0.838. The van der Waals surface area contributed by atoms with Crippen LogP contribution in [0.5, 0.6) is 11.5 Å². The first kappa shape index (κ1) is 20.0. The molecular weight excluding hydrogens is 382 g/mol. The third kappa shape index (κ3) is 3.54. The Hall–Kier alpha value is -3.28. The summed E-state index contributed by atoms with van der Waals surface area (Å²) in [4.78, 5) is 27.8. The molecule has 1 saturated carbocycles. The molecule has 0 spiro atoms. The first-order valence-electron chi connectivity index (χ1n) is 10.2. The van der Waals surface area contributed by atoms with Crippen molar-refractivity contribution in [2.75, 3.05) is 7.11 Å². The number of amides is 1. The molecule has 4 rings (SSSR count). The van der Waals surface area contributed by atoms with Gasteiger partial charge in [-0.15, -0.1) is 0 Å². The van der Waals surface area contributed by atoms with Crippen LogP contribution in [0.3, 0.4) is 0 Å². The van der Waals surface area contributed by atoms with Gasteiger partial charge >= 0.3 is 0 Å². The van der Waals surface area contributed by atoms with Gasteiger partial charge in [0.1, 0.15) is 17.3 Å². The predicted molar refractivity (Wildman–Crippen MR) is 112 cm³/mol. The second-order valence-electron chi connectivity index (χ2n) is 7.82. The zero-order chi connectivity index (χ0) is 21.3. The molecule has 2 N–H and O–H groups in total. The van der Waals surface area contributed by atoms with Crippen molar-refractivity contribution in [1.82, 2.24) is 4.90 Å².